The number of alkyl carbamates (subject to hydrolysis) is 1. The molecule has 1 aromatic rings. The fourth-order valence-corrected chi connectivity index (χ4v) is 4.26. The second kappa shape index (κ2) is 18.1. The molecule has 1 aromatic carbocycles. The second-order valence-electron chi connectivity index (χ2n) is 10.4. The molecular weight excluding hydrogens is 532 g/mol. The highest BCUT2D eigenvalue weighted by Gasteiger charge is 2.31. The van der Waals surface area contributed by atoms with E-state index in [1.807, 2.05) is 19.9 Å². The van der Waals surface area contributed by atoms with E-state index in [0.717, 1.165) is 12.0 Å². The molecule has 0 spiro atoms. The van der Waals surface area contributed by atoms with Crippen LogP contribution in [0.25, 0.3) is 0 Å². The standard InChI is InChI=1S/C29H44N4O8/c1-5-39-25(35)12-11-23(16-22-13-14-30-41-18-22)31-27(36)24(15-19(2)3)32-28(37)26(20(4)34)33-29(38)40-17-21-9-7-6-8-10-21/h6-12,19-20,22-24,26,30,34H,5,13-18H2,1-4H3,(H,31,36)(H,32,37)(H,33,38)/b12-11+/t20?,22-,23+,24-,26-/m0/s1. The van der Waals surface area contributed by atoms with Gasteiger partial charge in [-0.25, -0.2) is 15.1 Å². The first kappa shape index (κ1) is 33.7. The fourth-order valence-electron chi connectivity index (χ4n) is 4.26. The van der Waals surface area contributed by atoms with Gasteiger partial charge in [0.2, 0.25) is 11.8 Å². The van der Waals surface area contributed by atoms with E-state index < -0.39 is 48.1 Å². The summed E-state index contributed by atoms with van der Waals surface area (Å²) in [5.41, 5.74) is 3.58. The van der Waals surface area contributed by atoms with Crippen molar-refractivity contribution in [3.05, 3.63) is 48.0 Å². The van der Waals surface area contributed by atoms with Crippen molar-refractivity contribution in [3.8, 4) is 0 Å². The number of nitrogens with one attached hydrogen (secondary N) is 4. The molecule has 3 amide bonds. The lowest BCUT2D eigenvalue weighted by Gasteiger charge is -2.29. The largest absolute Gasteiger partial charge is 0.463 e. The molecule has 41 heavy (non-hydrogen) atoms. The summed E-state index contributed by atoms with van der Waals surface area (Å²) < 4.78 is 10.1. The predicted octanol–water partition coefficient (Wildman–Crippen LogP) is 1.73. The number of hydrogen-bond acceptors (Lipinski definition) is 9. The summed E-state index contributed by atoms with van der Waals surface area (Å²) in [5, 5.41) is 18.2. The number of carbonyl (C=O) groups is 4. The molecule has 0 saturated carbocycles. The van der Waals surface area contributed by atoms with E-state index in [-0.39, 0.29) is 25.0 Å². The predicted molar refractivity (Wildman–Crippen MR) is 151 cm³/mol. The summed E-state index contributed by atoms with van der Waals surface area (Å²) in [7, 11) is 0. The Morgan fingerprint density at radius 1 is 1.07 bits per heavy atom. The lowest BCUT2D eigenvalue weighted by atomic mass is 9.95. The quantitative estimate of drug-likeness (QED) is 0.154. The Morgan fingerprint density at radius 3 is 2.41 bits per heavy atom. The number of esters is 1. The summed E-state index contributed by atoms with van der Waals surface area (Å²) in [6.45, 7) is 8.20. The number of rotatable bonds is 15. The number of amides is 3. The maximum atomic E-state index is 13.4. The molecule has 5 atom stereocenters. The van der Waals surface area contributed by atoms with Crippen molar-refractivity contribution in [1.29, 1.82) is 0 Å². The molecule has 1 fully saturated rings. The SMILES string of the molecule is CCOC(=O)/C=C/[C@H](C[C@@H]1CCNOC1)NC(=O)[C@H](CC(C)C)NC(=O)[C@@H](NC(=O)OCc1ccccc1)C(C)O. The van der Waals surface area contributed by atoms with Crippen LogP contribution in [-0.4, -0.2) is 73.0 Å². The van der Waals surface area contributed by atoms with Gasteiger partial charge in [0.05, 0.1) is 19.3 Å². The van der Waals surface area contributed by atoms with Crippen molar-refractivity contribution in [2.24, 2.45) is 11.8 Å². The monoisotopic (exact) mass is 576 g/mol. The molecule has 1 aliphatic rings. The van der Waals surface area contributed by atoms with Crippen LogP contribution >= 0.6 is 0 Å². The molecule has 1 unspecified atom stereocenters. The number of benzene rings is 1. The van der Waals surface area contributed by atoms with E-state index in [1.54, 1.807) is 37.3 Å². The molecule has 5 N–H and O–H groups in total. The molecule has 1 saturated heterocycles. The first-order valence-electron chi connectivity index (χ1n) is 14.0. The summed E-state index contributed by atoms with van der Waals surface area (Å²) in [6.07, 6.45) is 2.35. The fraction of sp³-hybridized carbons (Fsp3) is 0.586. The van der Waals surface area contributed by atoms with Crippen molar-refractivity contribution in [2.75, 3.05) is 19.8 Å². The number of hydrogen-bond donors (Lipinski definition) is 5. The lowest BCUT2D eigenvalue weighted by Crippen LogP contribution is -2.58. The Labute approximate surface area is 241 Å². The van der Waals surface area contributed by atoms with Crippen LogP contribution in [0.2, 0.25) is 0 Å². The minimum absolute atomic E-state index is 0.0119. The van der Waals surface area contributed by atoms with Gasteiger partial charge < -0.3 is 35.4 Å². The first-order valence-corrected chi connectivity index (χ1v) is 14.0. The van der Waals surface area contributed by atoms with Crippen molar-refractivity contribution in [2.45, 2.75) is 77.8 Å². The average Bonchev–Trinajstić information content (AvgIpc) is 2.94. The number of ether oxygens (including phenoxy) is 2. The van der Waals surface area contributed by atoms with Gasteiger partial charge >= 0.3 is 12.1 Å². The van der Waals surface area contributed by atoms with Gasteiger partial charge in [-0.3, -0.25) is 9.59 Å². The van der Waals surface area contributed by atoms with Gasteiger partial charge in [-0.05, 0) is 50.5 Å². The third kappa shape index (κ3) is 13.2. The first-order chi connectivity index (χ1) is 19.6. The minimum atomic E-state index is -1.35. The van der Waals surface area contributed by atoms with E-state index in [1.165, 1.54) is 13.0 Å². The molecule has 0 aromatic heterocycles. The molecule has 0 bridgehead atoms. The highest BCUT2D eigenvalue weighted by molar-refractivity contribution is 5.92. The van der Waals surface area contributed by atoms with Gasteiger partial charge in [-0.15, -0.1) is 0 Å². The van der Waals surface area contributed by atoms with Gasteiger partial charge in [0.15, 0.2) is 0 Å². The van der Waals surface area contributed by atoms with Crippen LogP contribution in [0.3, 0.4) is 0 Å². The van der Waals surface area contributed by atoms with E-state index in [9.17, 15) is 24.3 Å². The summed E-state index contributed by atoms with van der Waals surface area (Å²) in [5.74, 6) is -1.55. The van der Waals surface area contributed by atoms with Crippen LogP contribution in [0.5, 0.6) is 0 Å². The van der Waals surface area contributed by atoms with Crippen LogP contribution in [0.4, 0.5) is 4.79 Å². The minimum Gasteiger partial charge on any atom is -0.463 e. The Balaban J connectivity index is 2.08. The number of aliphatic hydroxyl groups excluding tert-OH is 1. The van der Waals surface area contributed by atoms with Crippen molar-refractivity contribution in [3.63, 3.8) is 0 Å². The summed E-state index contributed by atoms with van der Waals surface area (Å²) in [6, 6.07) is 6.18. The van der Waals surface area contributed by atoms with E-state index in [2.05, 4.69) is 21.4 Å². The van der Waals surface area contributed by atoms with Gasteiger partial charge in [-0.2, -0.15) is 0 Å². The van der Waals surface area contributed by atoms with Gasteiger partial charge in [0.1, 0.15) is 18.7 Å². The molecule has 0 aliphatic carbocycles. The van der Waals surface area contributed by atoms with Crippen LogP contribution in [0, 0.1) is 11.8 Å². The zero-order chi connectivity index (χ0) is 30.2. The molecule has 1 aliphatic heterocycles. The third-order valence-electron chi connectivity index (χ3n) is 6.33. The molecular formula is C29H44N4O8. The Hall–Kier alpha value is -3.48. The maximum Gasteiger partial charge on any atom is 0.408 e. The van der Waals surface area contributed by atoms with Crippen molar-refractivity contribution in [1.82, 2.24) is 21.4 Å². The molecule has 228 valence electrons. The Bertz CT molecular complexity index is 996. The zero-order valence-corrected chi connectivity index (χ0v) is 24.3. The van der Waals surface area contributed by atoms with Crippen LogP contribution in [0.15, 0.2) is 42.5 Å². The van der Waals surface area contributed by atoms with E-state index in [4.69, 9.17) is 14.3 Å². The van der Waals surface area contributed by atoms with Crippen LogP contribution < -0.4 is 21.4 Å². The van der Waals surface area contributed by atoms with Crippen LogP contribution in [0.1, 0.15) is 52.5 Å². The molecule has 0 radical (unpaired) electrons. The summed E-state index contributed by atoms with van der Waals surface area (Å²) in [4.78, 5) is 56.2. The molecule has 12 heteroatoms. The Morgan fingerprint density at radius 2 is 1.80 bits per heavy atom. The van der Waals surface area contributed by atoms with Crippen molar-refractivity contribution >= 4 is 23.9 Å². The maximum absolute atomic E-state index is 13.4. The van der Waals surface area contributed by atoms with E-state index >= 15 is 0 Å². The van der Waals surface area contributed by atoms with Gasteiger partial charge in [0.25, 0.3) is 0 Å². The summed E-state index contributed by atoms with van der Waals surface area (Å²) >= 11 is 0. The average molecular weight is 577 g/mol. The van der Waals surface area contributed by atoms with Gasteiger partial charge in [-0.1, -0.05) is 50.3 Å². The Kier molecular flexibility index (Phi) is 14.8. The third-order valence-corrected chi connectivity index (χ3v) is 6.33. The lowest BCUT2D eigenvalue weighted by molar-refractivity contribution is -0.137. The smallest absolute Gasteiger partial charge is 0.408 e. The van der Waals surface area contributed by atoms with Crippen molar-refractivity contribution < 1.29 is 38.6 Å². The van der Waals surface area contributed by atoms with Gasteiger partial charge in [0, 0.05) is 18.7 Å². The zero-order valence-electron chi connectivity index (χ0n) is 24.3. The number of carbonyl (C=O) groups excluding carboxylic acids is 4. The molecule has 12 nitrogen and oxygen atoms in total. The number of aliphatic hydroxyl groups is 1. The van der Waals surface area contributed by atoms with Crippen LogP contribution in [-0.2, 0) is 35.3 Å². The topological polar surface area (TPSA) is 164 Å². The molecule has 2 rings (SSSR count). The highest BCUT2D eigenvalue weighted by atomic mass is 16.6. The second-order valence-corrected chi connectivity index (χ2v) is 10.4. The number of hydroxylamine groups is 1. The normalized spacial score (nSPS) is 18.1. The van der Waals surface area contributed by atoms with E-state index in [0.29, 0.717) is 26.0 Å². The molecule has 1 heterocycles. The highest BCUT2D eigenvalue weighted by Crippen LogP contribution is 2.16.